The molecule has 1 amide bonds. The van der Waals surface area contributed by atoms with Crippen molar-refractivity contribution in [3.63, 3.8) is 0 Å². The van der Waals surface area contributed by atoms with E-state index in [-0.39, 0.29) is 11.4 Å². The number of benzene rings is 1. The number of carbonyl (C=O) groups excluding carboxylic acids is 1. The number of hydrogen-bond acceptors (Lipinski definition) is 5. The van der Waals surface area contributed by atoms with Gasteiger partial charge in [0, 0.05) is 11.1 Å². The lowest BCUT2D eigenvalue weighted by molar-refractivity contribution is -0.163. The van der Waals surface area contributed by atoms with Crippen LogP contribution in [0.15, 0.2) is 18.2 Å². The van der Waals surface area contributed by atoms with E-state index >= 15 is 0 Å². The second-order valence-corrected chi connectivity index (χ2v) is 6.71. The highest BCUT2D eigenvalue weighted by atomic mass is 16.6. The summed E-state index contributed by atoms with van der Waals surface area (Å²) in [5.41, 5.74) is 0.517. The lowest BCUT2D eigenvalue weighted by Crippen LogP contribution is -2.52. The summed E-state index contributed by atoms with van der Waals surface area (Å²) in [6.07, 6.45) is -0.561. The highest BCUT2D eigenvalue weighted by molar-refractivity contribution is 5.82. The predicted octanol–water partition coefficient (Wildman–Crippen LogP) is 2.25. The fourth-order valence-electron chi connectivity index (χ4n) is 2.63. The van der Waals surface area contributed by atoms with E-state index in [0.717, 1.165) is 17.1 Å². The molecule has 0 bridgehead atoms. The molecule has 0 aliphatic carbocycles. The number of methoxy groups -OCH3 is 2. The van der Waals surface area contributed by atoms with Gasteiger partial charge in [-0.1, -0.05) is 0 Å². The van der Waals surface area contributed by atoms with Crippen LogP contribution in [0.1, 0.15) is 26.3 Å². The zero-order valence-electron chi connectivity index (χ0n) is 15.1. The van der Waals surface area contributed by atoms with Crippen molar-refractivity contribution >= 4 is 5.91 Å². The van der Waals surface area contributed by atoms with Crippen LogP contribution in [0.4, 0.5) is 0 Å². The summed E-state index contributed by atoms with van der Waals surface area (Å²) in [7, 11) is 3.23. The summed E-state index contributed by atoms with van der Waals surface area (Å²) in [5.74, 6) is 1.37. The first-order valence-corrected chi connectivity index (χ1v) is 8.08. The second-order valence-electron chi connectivity index (χ2n) is 6.71. The Bertz CT molecular complexity index is 561. The fraction of sp³-hybridized carbons (Fsp3) is 0.611. The summed E-state index contributed by atoms with van der Waals surface area (Å²) < 4.78 is 21.7. The Morgan fingerprint density at radius 2 is 2.00 bits per heavy atom. The Labute approximate surface area is 143 Å². The molecule has 2 rings (SSSR count). The van der Waals surface area contributed by atoms with Crippen LogP contribution in [-0.4, -0.2) is 56.5 Å². The number of hydrogen-bond donors (Lipinski definition) is 0. The fourth-order valence-corrected chi connectivity index (χ4v) is 2.63. The van der Waals surface area contributed by atoms with Gasteiger partial charge in [-0.05, 0) is 39.0 Å². The van der Waals surface area contributed by atoms with E-state index in [1.807, 2.05) is 39.0 Å². The molecule has 0 aromatic heterocycles. The Hall–Kier alpha value is -1.79. The van der Waals surface area contributed by atoms with Gasteiger partial charge in [0.05, 0.1) is 40.6 Å². The van der Waals surface area contributed by atoms with Gasteiger partial charge in [0.2, 0.25) is 0 Å². The van der Waals surface area contributed by atoms with Crippen molar-refractivity contribution in [2.45, 2.75) is 39.0 Å². The normalized spacial score (nSPS) is 18.1. The molecule has 6 heteroatoms. The number of amides is 1. The van der Waals surface area contributed by atoms with Gasteiger partial charge >= 0.3 is 0 Å². The molecule has 24 heavy (non-hydrogen) atoms. The number of nitrogens with zero attached hydrogens (tertiary/aromatic N) is 1. The Morgan fingerprint density at radius 1 is 1.25 bits per heavy atom. The Kier molecular flexibility index (Phi) is 6.07. The van der Waals surface area contributed by atoms with Crippen molar-refractivity contribution in [1.29, 1.82) is 0 Å². The van der Waals surface area contributed by atoms with E-state index in [1.54, 1.807) is 19.1 Å². The van der Waals surface area contributed by atoms with Crippen LogP contribution in [0, 0.1) is 0 Å². The topological polar surface area (TPSA) is 57.2 Å². The first-order valence-electron chi connectivity index (χ1n) is 8.08. The summed E-state index contributed by atoms with van der Waals surface area (Å²) in [4.78, 5) is 14.7. The quantitative estimate of drug-likeness (QED) is 0.825. The van der Waals surface area contributed by atoms with Crippen molar-refractivity contribution in [3.05, 3.63) is 23.8 Å². The zero-order valence-corrected chi connectivity index (χ0v) is 15.1. The van der Waals surface area contributed by atoms with E-state index in [2.05, 4.69) is 0 Å². The molecule has 0 saturated carbocycles. The summed E-state index contributed by atoms with van der Waals surface area (Å²) >= 11 is 0. The van der Waals surface area contributed by atoms with E-state index < -0.39 is 6.10 Å². The van der Waals surface area contributed by atoms with Gasteiger partial charge < -0.3 is 23.8 Å². The SMILES string of the molecule is COc1ccc(OC)c(CN(C(=O)C2COCCO2)C(C)(C)C)c1. The lowest BCUT2D eigenvalue weighted by atomic mass is 10.0. The minimum atomic E-state index is -0.561. The molecule has 1 fully saturated rings. The van der Waals surface area contributed by atoms with Gasteiger partial charge in [0.15, 0.2) is 6.10 Å². The third-order valence-corrected chi connectivity index (χ3v) is 3.98. The highest BCUT2D eigenvalue weighted by Crippen LogP contribution is 2.28. The molecule has 1 aliphatic heterocycles. The third kappa shape index (κ3) is 4.39. The van der Waals surface area contributed by atoms with Gasteiger partial charge in [0.1, 0.15) is 11.5 Å². The van der Waals surface area contributed by atoms with Gasteiger partial charge in [0.25, 0.3) is 5.91 Å². The maximum absolute atomic E-state index is 13.0. The molecular formula is C18H27NO5. The first-order chi connectivity index (χ1) is 11.4. The summed E-state index contributed by atoms with van der Waals surface area (Å²) in [6, 6.07) is 5.58. The van der Waals surface area contributed by atoms with Crippen LogP contribution in [0.25, 0.3) is 0 Å². The zero-order chi connectivity index (χ0) is 17.7. The molecule has 1 saturated heterocycles. The smallest absolute Gasteiger partial charge is 0.254 e. The van der Waals surface area contributed by atoms with Crippen molar-refractivity contribution in [1.82, 2.24) is 4.90 Å². The Morgan fingerprint density at radius 3 is 2.54 bits per heavy atom. The summed E-state index contributed by atoms with van der Waals surface area (Å²) in [6.45, 7) is 7.67. The molecule has 6 nitrogen and oxygen atoms in total. The summed E-state index contributed by atoms with van der Waals surface area (Å²) in [5, 5.41) is 0. The monoisotopic (exact) mass is 337 g/mol. The van der Waals surface area contributed by atoms with Crippen LogP contribution in [0.2, 0.25) is 0 Å². The minimum absolute atomic E-state index is 0.0768. The molecule has 1 heterocycles. The molecule has 1 aromatic rings. The van der Waals surface area contributed by atoms with Crippen LogP contribution in [0.5, 0.6) is 11.5 Å². The molecule has 0 N–H and O–H groups in total. The van der Waals surface area contributed by atoms with E-state index in [1.165, 1.54) is 0 Å². The van der Waals surface area contributed by atoms with E-state index in [4.69, 9.17) is 18.9 Å². The van der Waals surface area contributed by atoms with Crippen molar-refractivity contribution in [3.8, 4) is 11.5 Å². The molecule has 1 unspecified atom stereocenters. The molecule has 1 aliphatic rings. The molecule has 1 atom stereocenters. The van der Waals surface area contributed by atoms with Gasteiger partial charge in [-0.2, -0.15) is 0 Å². The van der Waals surface area contributed by atoms with Crippen molar-refractivity contribution in [2.75, 3.05) is 34.0 Å². The molecule has 134 valence electrons. The molecule has 0 radical (unpaired) electrons. The maximum Gasteiger partial charge on any atom is 0.254 e. The van der Waals surface area contributed by atoms with E-state index in [9.17, 15) is 4.79 Å². The predicted molar refractivity (Wildman–Crippen MR) is 90.4 cm³/mol. The number of carbonyl (C=O) groups is 1. The van der Waals surface area contributed by atoms with Crippen molar-refractivity contribution < 1.29 is 23.7 Å². The molecular weight excluding hydrogens is 310 g/mol. The number of rotatable bonds is 5. The van der Waals surface area contributed by atoms with Crippen LogP contribution >= 0.6 is 0 Å². The van der Waals surface area contributed by atoms with Gasteiger partial charge in [-0.25, -0.2) is 0 Å². The van der Waals surface area contributed by atoms with Crippen molar-refractivity contribution in [2.24, 2.45) is 0 Å². The Balaban J connectivity index is 2.27. The number of ether oxygens (including phenoxy) is 4. The maximum atomic E-state index is 13.0. The first kappa shape index (κ1) is 18.5. The third-order valence-electron chi connectivity index (χ3n) is 3.98. The largest absolute Gasteiger partial charge is 0.497 e. The van der Waals surface area contributed by atoms with Crippen LogP contribution in [0.3, 0.4) is 0 Å². The van der Waals surface area contributed by atoms with Crippen LogP contribution in [-0.2, 0) is 20.8 Å². The minimum Gasteiger partial charge on any atom is -0.497 e. The average Bonchev–Trinajstić information content (AvgIpc) is 2.58. The second kappa shape index (κ2) is 7.85. The average molecular weight is 337 g/mol. The lowest BCUT2D eigenvalue weighted by Gasteiger charge is -2.39. The molecule has 1 aromatic carbocycles. The highest BCUT2D eigenvalue weighted by Gasteiger charge is 2.34. The van der Waals surface area contributed by atoms with Gasteiger partial charge in [-0.15, -0.1) is 0 Å². The van der Waals surface area contributed by atoms with Gasteiger partial charge in [-0.3, -0.25) is 4.79 Å². The molecule has 0 spiro atoms. The standard InChI is InChI=1S/C18H27NO5/c1-18(2,3)19(17(20)16-12-23-8-9-24-16)11-13-10-14(21-4)6-7-15(13)22-5/h6-7,10,16H,8-9,11-12H2,1-5H3. The van der Waals surface area contributed by atoms with Crippen LogP contribution < -0.4 is 9.47 Å². The van der Waals surface area contributed by atoms with E-state index in [0.29, 0.717) is 26.4 Å².